The lowest BCUT2D eigenvalue weighted by Crippen LogP contribution is -2.19. The lowest BCUT2D eigenvalue weighted by molar-refractivity contribution is -0.139. The van der Waals surface area contributed by atoms with Crippen LogP contribution in [-0.2, 0) is 16.0 Å². The summed E-state index contributed by atoms with van der Waals surface area (Å²) in [5.41, 5.74) is 4.40. The van der Waals surface area contributed by atoms with E-state index in [1.807, 2.05) is 32.0 Å². The number of methoxy groups -OCH3 is 1. The number of ether oxygens (including phenoxy) is 2. The second-order valence-corrected chi connectivity index (χ2v) is 8.24. The fourth-order valence-electron chi connectivity index (χ4n) is 3.29. The Kier molecular flexibility index (Phi) is 7.37. The molecule has 2 aromatic carbocycles. The van der Waals surface area contributed by atoms with E-state index in [4.69, 9.17) is 14.6 Å². The Balaban J connectivity index is 1.92. The number of carbonyl (C=O) groups excluding carboxylic acids is 1. The van der Waals surface area contributed by atoms with Gasteiger partial charge < -0.3 is 19.9 Å². The minimum atomic E-state index is -1.09. The number of thioether (sulfide) groups is 1. The standard InChI is InChI=1S/C24H24N2O5S/c1-5-6-17-10-16(11-19(30-4)22(17)31-13-21(27)28)12-20-23(29)26-24(32-20)25-18-8-14(2)7-15(3)9-18/h5,7-12H,1,6,13H2,2-4H3,(H,27,28)(H,25,26,29)/b20-12-. The molecule has 0 radical (unpaired) electrons. The smallest absolute Gasteiger partial charge is 0.341 e. The highest BCUT2D eigenvalue weighted by atomic mass is 32.2. The van der Waals surface area contributed by atoms with Crippen molar-refractivity contribution < 1.29 is 24.2 Å². The second kappa shape index (κ2) is 10.2. The van der Waals surface area contributed by atoms with Crippen LogP contribution in [0.25, 0.3) is 6.08 Å². The van der Waals surface area contributed by atoms with E-state index in [1.54, 1.807) is 18.2 Å². The van der Waals surface area contributed by atoms with Gasteiger partial charge in [-0.2, -0.15) is 0 Å². The molecule has 1 heterocycles. The van der Waals surface area contributed by atoms with Gasteiger partial charge in [0.25, 0.3) is 5.91 Å². The molecule has 1 aliphatic heterocycles. The molecule has 2 N–H and O–H groups in total. The number of aliphatic imine (C=N–C) groups is 1. The summed E-state index contributed by atoms with van der Waals surface area (Å²) in [6, 6.07) is 9.49. The molecular weight excluding hydrogens is 428 g/mol. The predicted molar refractivity (Wildman–Crippen MR) is 127 cm³/mol. The Morgan fingerprint density at radius 1 is 1.22 bits per heavy atom. The molecule has 1 saturated heterocycles. The van der Waals surface area contributed by atoms with E-state index in [0.29, 0.717) is 39.1 Å². The van der Waals surface area contributed by atoms with Gasteiger partial charge >= 0.3 is 5.97 Å². The van der Waals surface area contributed by atoms with Crippen molar-refractivity contribution in [2.24, 2.45) is 4.99 Å². The summed E-state index contributed by atoms with van der Waals surface area (Å²) < 4.78 is 10.8. The van der Waals surface area contributed by atoms with Crippen molar-refractivity contribution in [1.82, 2.24) is 5.32 Å². The topological polar surface area (TPSA) is 97.2 Å². The number of rotatable bonds is 8. The third-order valence-corrected chi connectivity index (χ3v) is 5.37. The van der Waals surface area contributed by atoms with Crippen LogP contribution in [0.15, 0.2) is 52.9 Å². The molecule has 0 atom stereocenters. The quantitative estimate of drug-likeness (QED) is 0.455. The molecule has 8 heteroatoms. The molecule has 1 amide bonds. The number of benzene rings is 2. The summed E-state index contributed by atoms with van der Waals surface area (Å²) in [7, 11) is 1.48. The van der Waals surface area contributed by atoms with Gasteiger partial charge in [-0.3, -0.25) is 4.79 Å². The van der Waals surface area contributed by atoms with Crippen LogP contribution in [0.4, 0.5) is 5.69 Å². The molecule has 0 unspecified atom stereocenters. The number of carbonyl (C=O) groups is 2. The number of aryl methyl sites for hydroxylation is 2. The Hall–Kier alpha value is -3.52. The van der Waals surface area contributed by atoms with Crippen molar-refractivity contribution in [2.45, 2.75) is 20.3 Å². The number of allylic oxidation sites excluding steroid dienone is 1. The normalized spacial score (nSPS) is 15.7. The highest BCUT2D eigenvalue weighted by Crippen LogP contribution is 2.36. The second-order valence-electron chi connectivity index (χ2n) is 7.21. The summed E-state index contributed by atoms with van der Waals surface area (Å²) in [5.74, 6) is -0.603. The summed E-state index contributed by atoms with van der Waals surface area (Å²) in [6.07, 6.45) is 3.87. The minimum Gasteiger partial charge on any atom is -0.493 e. The number of aliphatic carboxylic acids is 1. The zero-order valence-electron chi connectivity index (χ0n) is 18.1. The van der Waals surface area contributed by atoms with Gasteiger partial charge in [0, 0.05) is 5.56 Å². The first-order valence-electron chi connectivity index (χ1n) is 9.83. The number of carboxylic acids is 1. The van der Waals surface area contributed by atoms with Crippen LogP contribution in [-0.4, -0.2) is 35.9 Å². The summed E-state index contributed by atoms with van der Waals surface area (Å²) >= 11 is 1.25. The molecule has 1 aliphatic rings. The van der Waals surface area contributed by atoms with Crippen molar-refractivity contribution in [3.8, 4) is 11.5 Å². The van der Waals surface area contributed by atoms with Gasteiger partial charge in [0.15, 0.2) is 23.3 Å². The number of amides is 1. The SMILES string of the molecule is C=CCc1cc(/C=C2\SC(=Nc3cc(C)cc(C)c3)NC2=O)cc(OC)c1OCC(=O)O. The number of hydrogen-bond acceptors (Lipinski definition) is 6. The molecule has 2 aromatic rings. The zero-order chi connectivity index (χ0) is 23.3. The van der Waals surface area contributed by atoms with Gasteiger partial charge in [-0.05, 0) is 79.1 Å². The molecule has 0 bridgehead atoms. The third-order valence-electron chi connectivity index (χ3n) is 4.46. The number of carboxylic acid groups (broad SMARTS) is 1. The fourth-order valence-corrected chi connectivity index (χ4v) is 4.13. The van der Waals surface area contributed by atoms with Gasteiger partial charge in [-0.1, -0.05) is 12.1 Å². The van der Waals surface area contributed by atoms with E-state index >= 15 is 0 Å². The molecule has 0 saturated carbocycles. The van der Waals surface area contributed by atoms with Crippen LogP contribution in [0.2, 0.25) is 0 Å². The van der Waals surface area contributed by atoms with Gasteiger partial charge in [0.1, 0.15) is 0 Å². The summed E-state index contributed by atoms with van der Waals surface area (Å²) in [4.78, 5) is 28.5. The maximum Gasteiger partial charge on any atom is 0.341 e. The van der Waals surface area contributed by atoms with Gasteiger partial charge in [-0.15, -0.1) is 6.58 Å². The van der Waals surface area contributed by atoms with Crippen molar-refractivity contribution in [1.29, 1.82) is 0 Å². The van der Waals surface area contributed by atoms with Crippen molar-refractivity contribution in [2.75, 3.05) is 13.7 Å². The zero-order valence-corrected chi connectivity index (χ0v) is 18.9. The van der Waals surface area contributed by atoms with E-state index in [1.165, 1.54) is 18.9 Å². The van der Waals surface area contributed by atoms with E-state index in [-0.39, 0.29) is 5.91 Å². The van der Waals surface area contributed by atoms with Gasteiger partial charge in [-0.25, -0.2) is 9.79 Å². The summed E-state index contributed by atoms with van der Waals surface area (Å²) in [6.45, 7) is 7.26. The fraction of sp³-hybridized carbons (Fsp3) is 0.208. The van der Waals surface area contributed by atoms with Gasteiger partial charge in [0.05, 0.1) is 17.7 Å². The predicted octanol–water partition coefficient (Wildman–Crippen LogP) is 4.40. The maximum atomic E-state index is 12.5. The third kappa shape index (κ3) is 5.79. The molecule has 0 aliphatic carbocycles. The first-order chi connectivity index (χ1) is 15.3. The molecule has 32 heavy (non-hydrogen) atoms. The molecule has 0 spiro atoms. The Morgan fingerprint density at radius 2 is 1.94 bits per heavy atom. The Bertz CT molecular complexity index is 1120. The van der Waals surface area contributed by atoms with Crippen LogP contribution >= 0.6 is 11.8 Å². The van der Waals surface area contributed by atoms with E-state index in [2.05, 4.69) is 23.0 Å². The molecule has 0 aromatic heterocycles. The van der Waals surface area contributed by atoms with Crippen LogP contribution < -0.4 is 14.8 Å². The lowest BCUT2D eigenvalue weighted by Gasteiger charge is -2.14. The Labute approximate surface area is 190 Å². The van der Waals surface area contributed by atoms with E-state index < -0.39 is 12.6 Å². The molecule has 7 nitrogen and oxygen atoms in total. The van der Waals surface area contributed by atoms with Crippen LogP contribution in [0.3, 0.4) is 0 Å². The van der Waals surface area contributed by atoms with Crippen molar-refractivity contribution in [3.63, 3.8) is 0 Å². The van der Waals surface area contributed by atoms with E-state index in [9.17, 15) is 9.59 Å². The Morgan fingerprint density at radius 3 is 2.56 bits per heavy atom. The van der Waals surface area contributed by atoms with Crippen LogP contribution in [0.1, 0.15) is 22.3 Å². The largest absolute Gasteiger partial charge is 0.493 e. The first-order valence-corrected chi connectivity index (χ1v) is 10.6. The first kappa shape index (κ1) is 23.1. The van der Waals surface area contributed by atoms with Crippen LogP contribution in [0.5, 0.6) is 11.5 Å². The highest BCUT2D eigenvalue weighted by molar-refractivity contribution is 8.18. The van der Waals surface area contributed by atoms with Gasteiger partial charge in [0.2, 0.25) is 0 Å². The van der Waals surface area contributed by atoms with Crippen molar-refractivity contribution in [3.05, 3.63) is 70.1 Å². The van der Waals surface area contributed by atoms with E-state index in [0.717, 1.165) is 16.8 Å². The highest BCUT2D eigenvalue weighted by Gasteiger charge is 2.24. The molecular formula is C24H24N2O5S. The van der Waals surface area contributed by atoms with Crippen molar-refractivity contribution >= 4 is 40.6 Å². The monoisotopic (exact) mass is 452 g/mol. The number of nitrogens with zero attached hydrogens (tertiary/aromatic N) is 1. The lowest BCUT2D eigenvalue weighted by atomic mass is 10.0. The average molecular weight is 453 g/mol. The minimum absolute atomic E-state index is 0.242. The summed E-state index contributed by atoms with van der Waals surface area (Å²) in [5, 5.41) is 12.2. The number of amidine groups is 1. The molecule has 166 valence electrons. The number of nitrogens with one attached hydrogen (secondary N) is 1. The average Bonchev–Trinajstić information content (AvgIpc) is 3.04. The molecule has 1 fully saturated rings. The number of hydrogen-bond donors (Lipinski definition) is 2. The van der Waals surface area contributed by atoms with Crippen LogP contribution in [0, 0.1) is 13.8 Å². The molecule has 3 rings (SSSR count). The maximum absolute atomic E-state index is 12.5.